The Balaban J connectivity index is 2.39. The Morgan fingerprint density at radius 3 is 2.41 bits per heavy atom. The van der Waals surface area contributed by atoms with Crippen molar-refractivity contribution in [1.82, 2.24) is 10.2 Å². The van der Waals surface area contributed by atoms with Crippen LogP contribution in [0.5, 0.6) is 0 Å². The first-order valence-electron chi connectivity index (χ1n) is 7.87. The molecule has 0 unspecified atom stereocenters. The van der Waals surface area contributed by atoms with Crippen molar-refractivity contribution in [2.24, 2.45) is 0 Å². The molecule has 0 aromatic carbocycles. The molecule has 0 aromatic heterocycles. The number of carbonyl (C=O) groups excluding carboxylic acids is 2. The van der Waals surface area contributed by atoms with Gasteiger partial charge in [0.2, 0.25) is 0 Å². The number of rotatable bonds is 4. The summed E-state index contributed by atoms with van der Waals surface area (Å²) < 4.78 is 5.35. The Hall–Kier alpha value is -1.78. The summed E-state index contributed by atoms with van der Waals surface area (Å²) in [4.78, 5) is 25.6. The Labute approximate surface area is 133 Å². The van der Waals surface area contributed by atoms with Gasteiger partial charge in [0.15, 0.2) is 0 Å². The fourth-order valence-corrected chi connectivity index (χ4v) is 2.15. The summed E-state index contributed by atoms with van der Waals surface area (Å²) in [6.07, 6.45) is 5.71. The van der Waals surface area contributed by atoms with Crippen LogP contribution in [-0.2, 0) is 9.53 Å². The number of piperidine rings is 1. The van der Waals surface area contributed by atoms with E-state index < -0.39 is 5.60 Å². The number of carbonyl (C=O) groups is 2. The number of hydrogen-bond acceptors (Lipinski definition) is 3. The molecule has 5 nitrogen and oxygen atoms in total. The van der Waals surface area contributed by atoms with Crippen LogP contribution >= 0.6 is 0 Å². The summed E-state index contributed by atoms with van der Waals surface area (Å²) in [5.74, 6) is -0.139. The number of ether oxygens (including phenoxy) is 1. The average molecular weight is 308 g/mol. The molecule has 1 fully saturated rings. The second-order valence-electron chi connectivity index (χ2n) is 6.55. The molecule has 0 aliphatic carbocycles. The molecule has 1 saturated heterocycles. The molecule has 1 N–H and O–H groups in total. The second-order valence-corrected chi connectivity index (χ2v) is 6.55. The van der Waals surface area contributed by atoms with Crippen LogP contribution < -0.4 is 5.32 Å². The van der Waals surface area contributed by atoms with Gasteiger partial charge in [-0.3, -0.25) is 4.79 Å². The number of nitrogens with one attached hydrogen (secondary N) is 1. The zero-order valence-corrected chi connectivity index (χ0v) is 14.1. The van der Waals surface area contributed by atoms with Crippen molar-refractivity contribution in [3.63, 3.8) is 0 Å². The summed E-state index contributed by atoms with van der Waals surface area (Å²) in [5, 5.41) is 2.97. The van der Waals surface area contributed by atoms with Gasteiger partial charge in [-0.15, -0.1) is 0 Å². The van der Waals surface area contributed by atoms with E-state index in [4.69, 9.17) is 4.74 Å². The molecule has 0 aromatic rings. The van der Waals surface area contributed by atoms with Crippen LogP contribution in [0.15, 0.2) is 24.3 Å². The highest BCUT2D eigenvalue weighted by molar-refractivity contribution is 5.95. The first-order valence-corrected chi connectivity index (χ1v) is 7.87. The van der Waals surface area contributed by atoms with Crippen molar-refractivity contribution >= 4 is 12.0 Å². The summed E-state index contributed by atoms with van der Waals surface area (Å²) in [6, 6.07) is 0.0814. The van der Waals surface area contributed by atoms with E-state index in [1.807, 2.05) is 33.8 Å². The van der Waals surface area contributed by atoms with Gasteiger partial charge in [0.05, 0.1) is 0 Å². The van der Waals surface area contributed by atoms with Crippen molar-refractivity contribution < 1.29 is 14.3 Å². The fourth-order valence-electron chi connectivity index (χ4n) is 2.15. The van der Waals surface area contributed by atoms with Crippen molar-refractivity contribution in [2.45, 2.75) is 58.6 Å². The maximum atomic E-state index is 12.0. The van der Waals surface area contributed by atoms with Crippen molar-refractivity contribution in [3.05, 3.63) is 24.3 Å². The molecule has 0 bridgehead atoms. The molecular weight excluding hydrogens is 280 g/mol. The highest BCUT2D eigenvalue weighted by Crippen LogP contribution is 2.15. The van der Waals surface area contributed by atoms with E-state index in [9.17, 15) is 9.59 Å². The highest BCUT2D eigenvalue weighted by Gasteiger charge is 2.27. The molecule has 0 saturated carbocycles. The topological polar surface area (TPSA) is 58.6 Å². The Morgan fingerprint density at radius 1 is 1.32 bits per heavy atom. The molecule has 22 heavy (non-hydrogen) atoms. The van der Waals surface area contributed by atoms with E-state index in [0.717, 1.165) is 19.3 Å². The average Bonchev–Trinajstić information content (AvgIpc) is 2.43. The molecule has 124 valence electrons. The van der Waals surface area contributed by atoms with Crippen molar-refractivity contribution in [2.75, 3.05) is 13.1 Å². The predicted octanol–water partition coefficient (Wildman–Crippen LogP) is 3.02. The molecule has 1 aliphatic rings. The van der Waals surface area contributed by atoms with Gasteiger partial charge in [-0.25, -0.2) is 4.79 Å². The third-order valence-corrected chi connectivity index (χ3v) is 3.33. The number of nitrogens with zero attached hydrogens (tertiary/aromatic N) is 1. The van der Waals surface area contributed by atoms with E-state index in [2.05, 4.69) is 11.9 Å². The van der Waals surface area contributed by atoms with Crippen LogP contribution in [0.25, 0.3) is 0 Å². The maximum absolute atomic E-state index is 12.0. The van der Waals surface area contributed by atoms with E-state index in [1.54, 1.807) is 11.0 Å². The normalized spacial score (nSPS) is 16.6. The van der Waals surface area contributed by atoms with Crippen LogP contribution in [0, 0.1) is 0 Å². The monoisotopic (exact) mass is 308 g/mol. The molecule has 1 heterocycles. The number of allylic oxidation sites excluding steroid dienone is 1. The summed E-state index contributed by atoms with van der Waals surface area (Å²) >= 11 is 0. The fraction of sp³-hybridized carbons (Fsp3) is 0.647. The Morgan fingerprint density at radius 2 is 1.91 bits per heavy atom. The number of amides is 2. The van der Waals surface area contributed by atoms with Gasteiger partial charge in [0.1, 0.15) is 5.60 Å². The zero-order valence-electron chi connectivity index (χ0n) is 14.1. The SMILES string of the molecule is C=C(/C=C\CC)C(=O)NC1CCN(C(=O)OC(C)(C)C)CC1. The lowest BCUT2D eigenvalue weighted by Crippen LogP contribution is -2.47. The van der Waals surface area contributed by atoms with Gasteiger partial charge >= 0.3 is 6.09 Å². The van der Waals surface area contributed by atoms with E-state index in [0.29, 0.717) is 18.7 Å². The van der Waals surface area contributed by atoms with Crippen LogP contribution in [0.2, 0.25) is 0 Å². The van der Waals surface area contributed by atoms with Gasteiger partial charge in [0.25, 0.3) is 5.91 Å². The van der Waals surface area contributed by atoms with Gasteiger partial charge in [0, 0.05) is 24.7 Å². The van der Waals surface area contributed by atoms with Gasteiger partial charge < -0.3 is 15.0 Å². The standard InChI is InChI=1S/C17H28N2O3/c1-6-7-8-13(2)15(20)18-14-9-11-19(12-10-14)16(21)22-17(3,4)5/h7-8,14H,2,6,9-12H2,1,3-5H3,(H,18,20)/b8-7-. The van der Waals surface area contributed by atoms with Gasteiger partial charge in [-0.1, -0.05) is 25.7 Å². The molecule has 1 aliphatic heterocycles. The minimum atomic E-state index is -0.481. The van der Waals surface area contributed by atoms with Crippen LogP contribution in [0.1, 0.15) is 47.0 Å². The maximum Gasteiger partial charge on any atom is 0.410 e. The lowest BCUT2D eigenvalue weighted by molar-refractivity contribution is -0.118. The molecule has 5 heteroatoms. The Bertz CT molecular complexity index is 441. The largest absolute Gasteiger partial charge is 0.444 e. The molecular formula is C17H28N2O3. The summed E-state index contributed by atoms with van der Waals surface area (Å²) in [5.41, 5.74) is -0.0117. The quantitative estimate of drug-likeness (QED) is 0.641. The van der Waals surface area contributed by atoms with Crippen LogP contribution in [0.3, 0.4) is 0 Å². The predicted molar refractivity (Wildman–Crippen MR) is 87.5 cm³/mol. The van der Waals surface area contributed by atoms with Crippen LogP contribution in [0.4, 0.5) is 4.79 Å². The van der Waals surface area contributed by atoms with E-state index in [1.165, 1.54) is 0 Å². The zero-order chi connectivity index (χ0) is 16.8. The second kappa shape index (κ2) is 8.01. The summed E-state index contributed by atoms with van der Waals surface area (Å²) in [7, 11) is 0. The minimum Gasteiger partial charge on any atom is -0.444 e. The molecule has 0 atom stereocenters. The van der Waals surface area contributed by atoms with Crippen molar-refractivity contribution in [1.29, 1.82) is 0 Å². The lowest BCUT2D eigenvalue weighted by Gasteiger charge is -2.33. The lowest BCUT2D eigenvalue weighted by atomic mass is 10.0. The highest BCUT2D eigenvalue weighted by atomic mass is 16.6. The Kier molecular flexibility index (Phi) is 6.65. The number of likely N-dealkylation sites (tertiary alicyclic amines) is 1. The molecule has 2 amide bonds. The minimum absolute atomic E-state index is 0.0814. The van der Waals surface area contributed by atoms with Crippen LogP contribution in [-0.4, -0.2) is 41.6 Å². The van der Waals surface area contributed by atoms with Gasteiger partial charge in [-0.05, 0) is 40.0 Å². The van der Waals surface area contributed by atoms with E-state index >= 15 is 0 Å². The first-order chi connectivity index (χ1) is 10.2. The summed E-state index contributed by atoms with van der Waals surface area (Å²) in [6.45, 7) is 12.5. The number of hydrogen-bond donors (Lipinski definition) is 1. The van der Waals surface area contributed by atoms with Gasteiger partial charge in [-0.2, -0.15) is 0 Å². The van der Waals surface area contributed by atoms with Crippen molar-refractivity contribution in [3.8, 4) is 0 Å². The molecule has 0 radical (unpaired) electrons. The first kappa shape index (κ1) is 18.3. The molecule has 1 rings (SSSR count). The smallest absolute Gasteiger partial charge is 0.410 e. The third kappa shape index (κ3) is 6.33. The van der Waals surface area contributed by atoms with E-state index in [-0.39, 0.29) is 18.0 Å². The third-order valence-electron chi connectivity index (χ3n) is 3.33. The molecule has 0 spiro atoms.